The van der Waals surface area contributed by atoms with E-state index in [-0.39, 0.29) is 30.8 Å². The fourth-order valence-corrected chi connectivity index (χ4v) is 6.93. The molecule has 0 bridgehead atoms. The number of nitrogens with one attached hydrogen (secondary N) is 1. The van der Waals surface area contributed by atoms with Gasteiger partial charge in [-0.2, -0.15) is 4.57 Å². The number of nitrogens with zero attached hydrogens (tertiary/aromatic N) is 1. The summed E-state index contributed by atoms with van der Waals surface area (Å²) in [5.74, 6) is 0. The molecule has 1 aliphatic heterocycles. The number of unbranched alkanes of at least 4 members (excludes halogenated alkanes) is 13. The molecule has 5 unspecified atom stereocenters. The number of carbonyl (C=O) groups excluding carboxylic acids is 1. The number of thiazole rings is 1. The number of ether oxygens (including phenoxy) is 2. The lowest BCUT2D eigenvalue weighted by atomic mass is 10.0. The number of hydrogen-bond acceptors (Lipinski definition) is 8. The second-order valence-corrected chi connectivity index (χ2v) is 13.4. The first kappa shape index (κ1) is 39.0. The quantitative estimate of drug-likeness (QED) is 0.0669. The standard InChI is InChI=1S/C30H55N2O7PS.H2O/c1-4-6-7-8-9-10-11-12-13-14-15-16-17-18-19-26(3)31-30(33)37-24-28(39-40(34,35)38-5-2)29-27(20-22-36-29)32-21-23-41-25-32;/h21,23,25-29H,4-20,22,24H2,1-3H3,(H-,31,33,34,35);1H2. The van der Waals surface area contributed by atoms with Crippen molar-refractivity contribution < 1.29 is 42.8 Å². The van der Waals surface area contributed by atoms with E-state index in [2.05, 4.69) is 12.2 Å². The van der Waals surface area contributed by atoms with Gasteiger partial charge in [0.2, 0.25) is 5.51 Å². The average molecular weight is 637 g/mol. The Morgan fingerprint density at radius 1 is 1.05 bits per heavy atom. The maximum atomic E-state index is 12.5. The van der Waals surface area contributed by atoms with Crippen LogP contribution in [0.25, 0.3) is 0 Å². The van der Waals surface area contributed by atoms with Crippen LogP contribution < -0.4 is 9.88 Å². The first-order valence-corrected chi connectivity index (χ1v) is 18.4. The Hall–Kier alpha value is -1.07. The zero-order chi connectivity index (χ0) is 29.8. The SMILES string of the molecule is CCCCCCCCCCCCCCCCC(C)NC(=O)OCC(OP(=O)(O)OCC)C1OCCC1[n+]1ccsc1.[OH-]. The molecule has 1 amide bonds. The van der Waals surface area contributed by atoms with Gasteiger partial charge in [-0.15, -0.1) is 0 Å². The Morgan fingerprint density at radius 2 is 1.64 bits per heavy atom. The first-order valence-electron chi connectivity index (χ1n) is 16.0. The number of carbonyl (C=O) groups is 1. The van der Waals surface area contributed by atoms with Crippen LogP contribution >= 0.6 is 19.2 Å². The van der Waals surface area contributed by atoms with Crippen LogP contribution in [-0.2, 0) is 23.1 Å². The molecule has 1 aliphatic rings. The molecule has 5 atom stereocenters. The summed E-state index contributed by atoms with van der Waals surface area (Å²) in [6.07, 6.45) is 19.9. The summed E-state index contributed by atoms with van der Waals surface area (Å²) in [4.78, 5) is 22.6. The van der Waals surface area contributed by atoms with Crippen molar-refractivity contribution >= 4 is 25.3 Å². The lowest BCUT2D eigenvalue weighted by Crippen LogP contribution is -2.48. The van der Waals surface area contributed by atoms with Crippen molar-refractivity contribution in [3.63, 3.8) is 0 Å². The van der Waals surface area contributed by atoms with E-state index in [0.29, 0.717) is 6.61 Å². The number of hydrogen-bond donors (Lipinski definition) is 2. The molecule has 12 heteroatoms. The topological polar surface area (TPSA) is 137 Å². The van der Waals surface area contributed by atoms with Crippen LogP contribution in [0.3, 0.4) is 0 Å². The number of alkyl carbamates (subject to hydrolysis) is 1. The third-order valence-corrected chi connectivity index (χ3v) is 9.41. The summed E-state index contributed by atoms with van der Waals surface area (Å²) in [5, 5.41) is 4.83. The summed E-state index contributed by atoms with van der Waals surface area (Å²) in [7, 11) is -4.33. The van der Waals surface area contributed by atoms with Crippen LogP contribution in [0.5, 0.6) is 0 Å². The van der Waals surface area contributed by atoms with Gasteiger partial charge in [-0.25, -0.2) is 9.36 Å². The summed E-state index contributed by atoms with van der Waals surface area (Å²) >= 11 is 1.55. The van der Waals surface area contributed by atoms with Crippen LogP contribution in [0, 0.1) is 0 Å². The molecule has 0 aromatic carbocycles. The van der Waals surface area contributed by atoms with E-state index in [4.69, 9.17) is 18.5 Å². The summed E-state index contributed by atoms with van der Waals surface area (Å²) in [6.45, 7) is 6.12. The van der Waals surface area contributed by atoms with Gasteiger partial charge in [0, 0.05) is 12.5 Å². The number of aromatic nitrogens is 1. The largest absolute Gasteiger partial charge is 0.870 e. The minimum atomic E-state index is -4.33. The van der Waals surface area contributed by atoms with Gasteiger partial charge < -0.3 is 25.2 Å². The van der Waals surface area contributed by atoms with E-state index >= 15 is 0 Å². The summed E-state index contributed by atoms with van der Waals surface area (Å²) in [6, 6.07) is -0.123. The van der Waals surface area contributed by atoms with Crippen LogP contribution in [0.15, 0.2) is 17.1 Å². The van der Waals surface area contributed by atoms with Crippen LogP contribution in [-0.4, -0.2) is 54.5 Å². The highest BCUT2D eigenvalue weighted by atomic mass is 32.1. The number of phosphoric acid groups is 1. The van der Waals surface area contributed by atoms with Gasteiger partial charge in [0.05, 0.1) is 18.6 Å². The second kappa shape index (κ2) is 23.3. The number of phosphoric ester groups is 1. The molecule has 10 nitrogen and oxygen atoms in total. The summed E-state index contributed by atoms with van der Waals surface area (Å²) in [5.41, 5.74) is 1.96. The molecule has 1 fully saturated rings. The zero-order valence-corrected chi connectivity index (χ0v) is 27.8. The van der Waals surface area contributed by atoms with Crippen LogP contribution in [0.4, 0.5) is 4.79 Å². The van der Waals surface area contributed by atoms with E-state index in [1.54, 1.807) is 18.3 Å². The molecular formula is C30H57N2O8PS. The van der Waals surface area contributed by atoms with Crippen molar-refractivity contribution in [2.75, 3.05) is 19.8 Å². The minimum absolute atomic E-state index is 0. The Kier molecular flexibility index (Phi) is 21.6. The maximum Gasteiger partial charge on any atom is 0.472 e. The fraction of sp³-hybridized carbons (Fsp3) is 0.867. The molecule has 1 saturated heterocycles. The van der Waals surface area contributed by atoms with E-state index in [0.717, 1.165) is 25.7 Å². The van der Waals surface area contributed by atoms with Crippen molar-refractivity contribution in [2.45, 2.75) is 148 Å². The van der Waals surface area contributed by atoms with Crippen molar-refractivity contribution in [3.8, 4) is 0 Å². The van der Waals surface area contributed by atoms with Gasteiger partial charge in [-0.05, 0) is 20.3 Å². The highest BCUT2D eigenvalue weighted by Gasteiger charge is 2.45. The normalized spacial score (nSPS) is 19.5. The maximum absolute atomic E-state index is 12.5. The number of amides is 1. The van der Waals surface area contributed by atoms with Crippen molar-refractivity contribution in [3.05, 3.63) is 17.1 Å². The Labute approximate surface area is 257 Å². The fourth-order valence-electron chi connectivity index (χ4n) is 5.38. The van der Waals surface area contributed by atoms with Crippen LogP contribution in [0.1, 0.15) is 130 Å². The predicted octanol–water partition coefficient (Wildman–Crippen LogP) is 7.70. The highest BCUT2D eigenvalue weighted by molar-refractivity contribution is 7.47. The minimum Gasteiger partial charge on any atom is -0.870 e. The van der Waals surface area contributed by atoms with Gasteiger partial charge >= 0.3 is 13.9 Å². The van der Waals surface area contributed by atoms with Gasteiger partial charge in [0.15, 0.2) is 12.2 Å². The molecule has 2 heterocycles. The Balaban J connectivity index is 0.00000882. The van der Waals surface area contributed by atoms with E-state index < -0.39 is 26.1 Å². The lowest BCUT2D eigenvalue weighted by molar-refractivity contribution is -0.722. The van der Waals surface area contributed by atoms with Gasteiger partial charge in [-0.1, -0.05) is 108 Å². The Bertz CT molecular complexity index is 847. The second-order valence-electron chi connectivity index (χ2n) is 11.2. The predicted molar refractivity (Wildman–Crippen MR) is 165 cm³/mol. The molecule has 42 heavy (non-hydrogen) atoms. The van der Waals surface area contributed by atoms with E-state index in [9.17, 15) is 14.3 Å². The molecule has 0 saturated carbocycles. The van der Waals surface area contributed by atoms with E-state index in [1.165, 1.54) is 77.0 Å². The van der Waals surface area contributed by atoms with Crippen molar-refractivity contribution in [1.29, 1.82) is 0 Å². The third-order valence-electron chi connectivity index (χ3n) is 7.64. The monoisotopic (exact) mass is 636 g/mol. The van der Waals surface area contributed by atoms with Gasteiger partial charge in [0.1, 0.15) is 18.8 Å². The highest BCUT2D eigenvalue weighted by Crippen LogP contribution is 2.46. The molecular weight excluding hydrogens is 579 g/mol. The molecule has 1 aromatic rings. The lowest BCUT2D eigenvalue weighted by Gasteiger charge is -2.26. The third kappa shape index (κ3) is 16.7. The zero-order valence-electron chi connectivity index (χ0n) is 26.1. The molecule has 3 N–H and O–H groups in total. The molecule has 1 aromatic heterocycles. The first-order chi connectivity index (χ1) is 19.9. The smallest absolute Gasteiger partial charge is 0.472 e. The van der Waals surface area contributed by atoms with Crippen LogP contribution in [0.2, 0.25) is 0 Å². The molecule has 246 valence electrons. The molecule has 0 aliphatic carbocycles. The van der Waals surface area contributed by atoms with E-state index in [1.807, 2.05) is 28.6 Å². The van der Waals surface area contributed by atoms with Gasteiger partial charge in [0.25, 0.3) is 0 Å². The molecule has 0 spiro atoms. The summed E-state index contributed by atoms with van der Waals surface area (Å²) < 4.78 is 36.1. The number of rotatable bonds is 24. The van der Waals surface area contributed by atoms with Crippen molar-refractivity contribution in [2.24, 2.45) is 0 Å². The van der Waals surface area contributed by atoms with Gasteiger partial charge in [-0.3, -0.25) is 9.05 Å². The average Bonchev–Trinajstić information content (AvgIpc) is 3.63. The molecule has 0 radical (unpaired) electrons. The Morgan fingerprint density at radius 3 is 2.19 bits per heavy atom. The molecule has 2 rings (SSSR count). The van der Waals surface area contributed by atoms with Crippen molar-refractivity contribution in [1.82, 2.24) is 5.32 Å².